The third kappa shape index (κ3) is 3.78. The van der Waals surface area contributed by atoms with E-state index in [9.17, 15) is 17.6 Å². The van der Waals surface area contributed by atoms with Crippen LogP contribution in [-0.4, -0.2) is 33.1 Å². The van der Waals surface area contributed by atoms with Crippen molar-refractivity contribution >= 4 is 15.9 Å². The highest BCUT2D eigenvalue weighted by molar-refractivity contribution is 7.89. The van der Waals surface area contributed by atoms with Crippen molar-refractivity contribution in [3.63, 3.8) is 0 Å². The number of primary sulfonamides is 1. The van der Waals surface area contributed by atoms with Gasteiger partial charge in [-0.3, -0.25) is 4.79 Å². The van der Waals surface area contributed by atoms with Gasteiger partial charge in [0.25, 0.3) is 5.91 Å². The number of halogens is 1. The zero-order chi connectivity index (χ0) is 15.6. The molecule has 1 amide bonds. The van der Waals surface area contributed by atoms with Crippen LogP contribution in [0.3, 0.4) is 0 Å². The van der Waals surface area contributed by atoms with Gasteiger partial charge < -0.3 is 10.1 Å². The standard InChI is InChI=1S/C13H17FN2O4S/c1-8(12-3-2-6-20-12)16-13(17)10-5-4-9(7-11(10)14)21(15,18)19/h4-5,7-8,12H,2-3,6H2,1H3,(H,16,17)(H2,15,18,19). The van der Waals surface area contributed by atoms with E-state index in [1.54, 1.807) is 6.92 Å². The minimum absolute atomic E-state index is 0.0827. The number of hydrogen-bond acceptors (Lipinski definition) is 4. The molecule has 1 heterocycles. The summed E-state index contributed by atoms with van der Waals surface area (Å²) in [6.45, 7) is 2.44. The second-order valence-corrected chi connectivity index (χ2v) is 6.56. The number of benzene rings is 1. The average Bonchev–Trinajstić information content (AvgIpc) is 2.91. The van der Waals surface area contributed by atoms with Crippen molar-refractivity contribution in [2.24, 2.45) is 5.14 Å². The molecule has 1 aromatic carbocycles. The van der Waals surface area contributed by atoms with Crippen LogP contribution in [0.1, 0.15) is 30.1 Å². The summed E-state index contributed by atoms with van der Waals surface area (Å²) in [6.07, 6.45) is 1.69. The minimum Gasteiger partial charge on any atom is -0.376 e. The number of sulfonamides is 1. The van der Waals surface area contributed by atoms with Crippen LogP contribution in [0.5, 0.6) is 0 Å². The molecule has 2 rings (SSSR count). The predicted molar refractivity (Wildman–Crippen MR) is 73.7 cm³/mol. The summed E-state index contributed by atoms with van der Waals surface area (Å²) >= 11 is 0. The monoisotopic (exact) mass is 316 g/mol. The van der Waals surface area contributed by atoms with Crippen molar-refractivity contribution in [3.8, 4) is 0 Å². The molecule has 0 saturated carbocycles. The first-order valence-electron chi connectivity index (χ1n) is 6.54. The molecule has 116 valence electrons. The Morgan fingerprint density at radius 3 is 2.76 bits per heavy atom. The van der Waals surface area contributed by atoms with Crippen molar-refractivity contribution < 1.29 is 22.3 Å². The van der Waals surface area contributed by atoms with Crippen molar-refractivity contribution in [3.05, 3.63) is 29.6 Å². The lowest BCUT2D eigenvalue weighted by atomic mass is 10.1. The van der Waals surface area contributed by atoms with Gasteiger partial charge in [-0.2, -0.15) is 0 Å². The zero-order valence-electron chi connectivity index (χ0n) is 11.5. The Kier molecular flexibility index (Phi) is 4.60. The highest BCUT2D eigenvalue weighted by Gasteiger charge is 2.25. The molecule has 0 aliphatic carbocycles. The quantitative estimate of drug-likeness (QED) is 0.857. The second-order valence-electron chi connectivity index (χ2n) is 5.00. The lowest BCUT2D eigenvalue weighted by molar-refractivity contribution is 0.0710. The third-order valence-electron chi connectivity index (χ3n) is 3.40. The van der Waals surface area contributed by atoms with Gasteiger partial charge in [-0.15, -0.1) is 0 Å². The average molecular weight is 316 g/mol. The van der Waals surface area contributed by atoms with E-state index in [1.807, 2.05) is 0 Å². The predicted octanol–water partition coefficient (Wildman–Crippen LogP) is 0.770. The van der Waals surface area contributed by atoms with E-state index in [-0.39, 0.29) is 22.6 Å². The van der Waals surface area contributed by atoms with E-state index in [4.69, 9.17) is 9.88 Å². The van der Waals surface area contributed by atoms with Crippen LogP contribution < -0.4 is 10.5 Å². The van der Waals surface area contributed by atoms with Crippen LogP contribution in [0.2, 0.25) is 0 Å². The van der Waals surface area contributed by atoms with E-state index < -0.39 is 21.7 Å². The molecule has 2 unspecified atom stereocenters. The molecule has 1 aromatic rings. The number of rotatable bonds is 4. The lowest BCUT2D eigenvalue weighted by Crippen LogP contribution is -2.41. The summed E-state index contributed by atoms with van der Waals surface area (Å²) in [7, 11) is -4.00. The van der Waals surface area contributed by atoms with Crippen molar-refractivity contribution in [1.29, 1.82) is 0 Å². The molecule has 0 spiro atoms. The first-order valence-corrected chi connectivity index (χ1v) is 8.08. The Morgan fingerprint density at radius 1 is 1.52 bits per heavy atom. The maximum Gasteiger partial charge on any atom is 0.254 e. The second kappa shape index (κ2) is 6.08. The van der Waals surface area contributed by atoms with Crippen LogP contribution >= 0.6 is 0 Å². The van der Waals surface area contributed by atoms with Crippen molar-refractivity contribution in [1.82, 2.24) is 5.32 Å². The van der Waals surface area contributed by atoms with Crippen molar-refractivity contribution in [2.75, 3.05) is 6.61 Å². The SMILES string of the molecule is CC(NC(=O)c1ccc(S(N)(=O)=O)cc1F)C1CCCO1. The van der Waals surface area contributed by atoms with Crippen molar-refractivity contribution in [2.45, 2.75) is 36.8 Å². The van der Waals surface area contributed by atoms with Gasteiger partial charge in [0, 0.05) is 6.61 Å². The summed E-state index contributed by atoms with van der Waals surface area (Å²) < 4.78 is 41.5. The van der Waals surface area contributed by atoms with Crippen LogP contribution in [0.4, 0.5) is 4.39 Å². The van der Waals surface area contributed by atoms with Gasteiger partial charge in [-0.25, -0.2) is 17.9 Å². The number of ether oxygens (including phenoxy) is 1. The molecule has 1 saturated heterocycles. The largest absolute Gasteiger partial charge is 0.376 e. The Bertz CT molecular complexity index is 642. The molecule has 1 fully saturated rings. The van der Waals surface area contributed by atoms with Crippen LogP contribution in [0.25, 0.3) is 0 Å². The topological polar surface area (TPSA) is 98.5 Å². The number of carbonyl (C=O) groups excluding carboxylic acids is 1. The van der Waals surface area contributed by atoms with Gasteiger partial charge in [0.2, 0.25) is 10.0 Å². The fourth-order valence-electron chi connectivity index (χ4n) is 2.23. The smallest absolute Gasteiger partial charge is 0.254 e. The highest BCUT2D eigenvalue weighted by Crippen LogP contribution is 2.17. The molecule has 8 heteroatoms. The Morgan fingerprint density at radius 2 is 2.24 bits per heavy atom. The molecule has 1 aliphatic rings. The van der Waals surface area contributed by atoms with Gasteiger partial charge in [0.05, 0.1) is 22.6 Å². The maximum absolute atomic E-state index is 13.8. The van der Waals surface area contributed by atoms with E-state index >= 15 is 0 Å². The molecular formula is C13H17FN2O4S. The third-order valence-corrected chi connectivity index (χ3v) is 4.31. The molecule has 21 heavy (non-hydrogen) atoms. The first kappa shape index (κ1) is 15.9. The normalized spacial score (nSPS) is 20.2. The number of carbonyl (C=O) groups is 1. The highest BCUT2D eigenvalue weighted by atomic mass is 32.2. The number of amides is 1. The number of hydrogen-bond donors (Lipinski definition) is 2. The molecular weight excluding hydrogens is 299 g/mol. The lowest BCUT2D eigenvalue weighted by Gasteiger charge is -2.20. The Balaban J connectivity index is 2.12. The summed E-state index contributed by atoms with van der Waals surface area (Å²) in [5.41, 5.74) is -0.229. The van der Waals surface area contributed by atoms with Gasteiger partial charge in [0.1, 0.15) is 5.82 Å². The summed E-state index contributed by atoms with van der Waals surface area (Å²) in [4.78, 5) is 11.6. The molecule has 6 nitrogen and oxygen atoms in total. The Hall–Kier alpha value is -1.51. The number of nitrogens with one attached hydrogen (secondary N) is 1. The van der Waals surface area contributed by atoms with Crippen LogP contribution in [-0.2, 0) is 14.8 Å². The zero-order valence-corrected chi connectivity index (χ0v) is 12.3. The fraction of sp³-hybridized carbons (Fsp3) is 0.462. The van der Waals surface area contributed by atoms with Gasteiger partial charge in [-0.05, 0) is 38.0 Å². The summed E-state index contributed by atoms with van der Waals surface area (Å²) in [6, 6.07) is 2.69. The molecule has 2 atom stereocenters. The molecule has 3 N–H and O–H groups in total. The van der Waals surface area contributed by atoms with E-state index in [1.165, 1.54) is 0 Å². The van der Waals surface area contributed by atoms with Gasteiger partial charge in [-0.1, -0.05) is 0 Å². The van der Waals surface area contributed by atoms with E-state index in [2.05, 4.69) is 5.32 Å². The van der Waals surface area contributed by atoms with E-state index in [0.29, 0.717) is 6.61 Å². The fourth-order valence-corrected chi connectivity index (χ4v) is 2.76. The van der Waals surface area contributed by atoms with E-state index in [0.717, 1.165) is 31.0 Å². The minimum atomic E-state index is -4.00. The van der Waals surface area contributed by atoms with Crippen LogP contribution in [0, 0.1) is 5.82 Å². The number of nitrogens with two attached hydrogens (primary N) is 1. The first-order chi connectivity index (χ1) is 9.79. The molecule has 0 bridgehead atoms. The Labute approximate surface area is 122 Å². The van der Waals surface area contributed by atoms with Crippen LogP contribution in [0.15, 0.2) is 23.1 Å². The molecule has 1 aliphatic heterocycles. The molecule has 0 aromatic heterocycles. The van der Waals surface area contributed by atoms with Gasteiger partial charge >= 0.3 is 0 Å². The summed E-state index contributed by atoms with van der Waals surface area (Å²) in [5, 5.41) is 7.56. The molecule has 0 radical (unpaired) electrons. The summed E-state index contributed by atoms with van der Waals surface area (Å²) in [5.74, 6) is -1.55. The maximum atomic E-state index is 13.8. The van der Waals surface area contributed by atoms with Gasteiger partial charge in [0.15, 0.2) is 0 Å².